The van der Waals surface area contributed by atoms with E-state index in [0.29, 0.717) is 0 Å². The number of aromatic nitrogens is 2. The van der Waals surface area contributed by atoms with Gasteiger partial charge in [0.2, 0.25) is 0 Å². The number of hydrogen-bond donors (Lipinski definition) is 1. The fourth-order valence-corrected chi connectivity index (χ4v) is 2.28. The predicted octanol–water partition coefficient (Wildman–Crippen LogP) is 3.35. The molecule has 0 fully saturated rings. The van der Waals surface area contributed by atoms with Gasteiger partial charge in [-0.05, 0) is 6.07 Å². The molecule has 5 nitrogen and oxygen atoms in total. The van der Waals surface area contributed by atoms with Crippen molar-refractivity contribution >= 4 is 16.7 Å². The predicted molar refractivity (Wildman–Crippen MR) is 67.8 cm³/mol. The highest BCUT2D eigenvalue weighted by atomic mass is 19.4. The molecule has 0 amide bonds. The summed E-state index contributed by atoms with van der Waals surface area (Å²) < 4.78 is 86.6. The highest BCUT2D eigenvalue weighted by molar-refractivity contribution is 5.96. The number of halogens is 6. The first kappa shape index (κ1) is 17.2. The van der Waals surface area contributed by atoms with Gasteiger partial charge in [0.15, 0.2) is 11.9 Å². The first-order valence-corrected chi connectivity index (χ1v) is 6.04. The third-order valence-electron chi connectivity index (χ3n) is 3.12. The minimum Gasteiger partial charge on any atom is -0.496 e. The monoisotopic (exact) mass is 343 g/mol. The van der Waals surface area contributed by atoms with Crippen molar-refractivity contribution in [1.29, 1.82) is 0 Å². The van der Waals surface area contributed by atoms with E-state index in [9.17, 15) is 26.3 Å². The van der Waals surface area contributed by atoms with Crippen LogP contribution >= 0.6 is 0 Å². The normalized spacial score (nSPS) is 14.3. The summed E-state index contributed by atoms with van der Waals surface area (Å²) in [6.07, 6.45) is -12.0. The molecule has 1 unspecified atom stereocenters. The second-order valence-corrected chi connectivity index (χ2v) is 4.50. The maximum absolute atomic E-state index is 13.0. The zero-order valence-electron chi connectivity index (χ0n) is 11.8. The van der Waals surface area contributed by atoms with Crippen molar-refractivity contribution in [1.82, 2.24) is 9.78 Å². The molecule has 0 aliphatic rings. The molecule has 1 atom stereocenters. The average Bonchev–Trinajstić information content (AvgIpc) is 2.75. The summed E-state index contributed by atoms with van der Waals surface area (Å²) in [7, 11) is 1.84. The molecule has 0 aliphatic carbocycles. The summed E-state index contributed by atoms with van der Waals surface area (Å²) >= 11 is 0. The first-order chi connectivity index (χ1) is 10.5. The van der Waals surface area contributed by atoms with Crippen molar-refractivity contribution in [3.05, 3.63) is 17.7 Å². The number of anilines is 1. The Kier molecular flexibility index (Phi) is 4.09. The maximum Gasteiger partial charge on any atom is 0.505 e. The Morgan fingerprint density at radius 1 is 1.13 bits per heavy atom. The Hall–Kier alpha value is -2.17. The molecule has 23 heavy (non-hydrogen) atoms. The summed E-state index contributed by atoms with van der Waals surface area (Å²) in [6.45, 7) is 0. The lowest BCUT2D eigenvalue weighted by molar-refractivity contribution is -0.216. The minimum absolute atomic E-state index is 0.334. The highest BCUT2D eigenvalue weighted by Gasteiger charge is 2.44. The molecular formula is C12H11F6N3O2. The van der Waals surface area contributed by atoms with Crippen molar-refractivity contribution in [2.24, 2.45) is 0 Å². The summed E-state index contributed by atoms with van der Waals surface area (Å²) in [5, 5.41) is 2.76. The summed E-state index contributed by atoms with van der Waals surface area (Å²) in [4.78, 5) is 0. The Morgan fingerprint density at radius 3 is 2.17 bits per heavy atom. The fraction of sp³-hybridized carbons (Fsp3) is 0.417. The van der Waals surface area contributed by atoms with Crippen molar-refractivity contribution in [3.63, 3.8) is 0 Å². The van der Waals surface area contributed by atoms with E-state index in [0.717, 1.165) is 26.4 Å². The summed E-state index contributed by atoms with van der Waals surface area (Å²) in [5.41, 5.74) is 4.42. The van der Waals surface area contributed by atoms with Crippen LogP contribution in [0.25, 0.3) is 10.9 Å². The quantitative estimate of drug-likeness (QED) is 0.868. The van der Waals surface area contributed by atoms with Crippen LogP contribution < -0.4 is 10.5 Å². The molecule has 1 heterocycles. The number of hydrogen-bond acceptors (Lipinski definition) is 4. The largest absolute Gasteiger partial charge is 0.505 e. The van der Waals surface area contributed by atoms with E-state index in [4.69, 9.17) is 10.5 Å². The van der Waals surface area contributed by atoms with Crippen LogP contribution in [0.1, 0.15) is 11.7 Å². The molecule has 128 valence electrons. The van der Waals surface area contributed by atoms with E-state index >= 15 is 0 Å². The van der Waals surface area contributed by atoms with E-state index in [2.05, 4.69) is 9.84 Å². The molecule has 0 saturated carbocycles. The topological polar surface area (TPSA) is 62.3 Å². The molecule has 0 aliphatic heterocycles. The zero-order chi connectivity index (χ0) is 17.6. The summed E-state index contributed by atoms with van der Waals surface area (Å²) in [6, 6.07) is 1.67. The van der Waals surface area contributed by atoms with Crippen molar-refractivity contribution in [2.45, 2.75) is 18.6 Å². The van der Waals surface area contributed by atoms with E-state index in [1.807, 2.05) is 0 Å². The third-order valence-corrected chi connectivity index (χ3v) is 3.12. The highest BCUT2D eigenvalue weighted by Crippen LogP contribution is 2.44. The second-order valence-electron chi connectivity index (χ2n) is 4.50. The van der Waals surface area contributed by atoms with Gasteiger partial charge in [0, 0.05) is 12.7 Å². The SMILES string of the molecule is COc1c(C(OC)C(F)(F)F)ccc2c1c(N)nn2C(F)(F)F. The van der Waals surface area contributed by atoms with Crippen molar-refractivity contribution in [2.75, 3.05) is 20.0 Å². The third kappa shape index (κ3) is 2.87. The molecule has 2 N–H and O–H groups in total. The van der Waals surface area contributed by atoms with E-state index in [-0.39, 0.29) is 10.1 Å². The Bertz CT molecular complexity index is 722. The summed E-state index contributed by atoms with van der Waals surface area (Å²) in [5.74, 6) is -1.08. The molecule has 1 aromatic heterocycles. The number of ether oxygens (including phenoxy) is 2. The molecule has 0 saturated heterocycles. The molecule has 2 aromatic rings. The van der Waals surface area contributed by atoms with Gasteiger partial charge in [0.25, 0.3) is 0 Å². The van der Waals surface area contributed by atoms with Crippen molar-refractivity contribution in [3.8, 4) is 5.75 Å². The van der Waals surface area contributed by atoms with Crippen molar-refractivity contribution < 1.29 is 35.8 Å². The molecular weight excluding hydrogens is 332 g/mol. The lowest BCUT2D eigenvalue weighted by atomic mass is 10.0. The Morgan fingerprint density at radius 2 is 1.74 bits per heavy atom. The number of nitrogen functional groups attached to an aromatic ring is 1. The molecule has 0 bridgehead atoms. The first-order valence-electron chi connectivity index (χ1n) is 6.04. The number of nitrogens with two attached hydrogens (primary N) is 1. The molecule has 1 aromatic carbocycles. The van der Waals surface area contributed by atoms with Crippen LogP contribution in [0.15, 0.2) is 12.1 Å². The Balaban J connectivity index is 2.79. The molecule has 2 rings (SSSR count). The van der Waals surface area contributed by atoms with Crippen LogP contribution in [0.3, 0.4) is 0 Å². The maximum atomic E-state index is 13.0. The van der Waals surface area contributed by atoms with E-state index < -0.39 is 41.2 Å². The van der Waals surface area contributed by atoms with Gasteiger partial charge in [-0.25, -0.2) is 0 Å². The van der Waals surface area contributed by atoms with Gasteiger partial charge in [0.1, 0.15) is 5.75 Å². The van der Waals surface area contributed by atoms with Gasteiger partial charge in [0.05, 0.1) is 18.0 Å². The Labute approximate surface area is 125 Å². The lowest BCUT2D eigenvalue weighted by Gasteiger charge is -2.21. The van der Waals surface area contributed by atoms with Crippen LogP contribution in [0.5, 0.6) is 5.75 Å². The smallest absolute Gasteiger partial charge is 0.496 e. The van der Waals surface area contributed by atoms with Gasteiger partial charge in [-0.1, -0.05) is 6.07 Å². The van der Waals surface area contributed by atoms with Crippen LogP contribution in [-0.2, 0) is 11.0 Å². The van der Waals surface area contributed by atoms with Gasteiger partial charge >= 0.3 is 12.5 Å². The minimum atomic E-state index is -4.88. The van der Waals surface area contributed by atoms with Crippen LogP contribution in [0, 0.1) is 0 Å². The fourth-order valence-electron chi connectivity index (χ4n) is 2.28. The number of fused-ring (bicyclic) bond motifs is 1. The van der Waals surface area contributed by atoms with Gasteiger partial charge < -0.3 is 15.2 Å². The van der Waals surface area contributed by atoms with E-state index in [1.54, 1.807) is 0 Å². The number of nitrogens with zero attached hydrogens (tertiary/aromatic N) is 2. The van der Waals surface area contributed by atoms with Crippen LogP contribution in [0.4, 0.5) is 32.2 Å². The van der Waals surface area contributed by atoms with Gasteiger partial charge in [-0.15, -0.1) is 18.3 Å². The van der Waals surface area contributed by atoms with Crippen LogP contribution in [-0.4, -0.2) is 30.2 Å². The standard InChI is InChI=1S/C12H11F6N3O2/c1-22-8-5(9(23-2)11(13,14)15)3-4-6-7(8)10(19)20-21(6)12(16,17)18/h3-4,9H,1-2H3,(H2,19,20). The molecule has 0 radical (unpaired) electrons. The average molecular weight is 343 g/mol. The van der Waals surface area contributed by atoms with E-state index in [1.165, 1.54) is 0 Å². The second kappa shape index (κ2) is 5.48. The number of rotatable bonds is 3. The zero-order valence-corrected chi connectivity index (χ0v) is 11.8. The molecule has 11 heteroatoms. The van der Waals surface area contributed by atoms with Crippen LogP contribution in [0.2, 0.25) is 0 Å². The van der Waals surface area contributed by atoms with Gasteiger partial charge in [-0.3, -0.25) is 0 Å². The number of methoxy groups -OCH3 is 2. The lowest BCUT2D eigenvalue weighted by Crippen LogP contribution is -2.23. The number of benzene rings is 1. The molecule has 0 spiro atoms. The number of alkyl halides is 6. The van der Waals surface area contributed by atoms with Gasteiger partial charge in [-0.2, -0.15) is 17.9 Å².